The summed E-state index contributed by atoms with van der Waals surface area (Å²) in [4.78, 5) is 0. The van der Waals surface area contributed by atoms with Gasteiger partial charge in [0, 0.05) is 6.61 Å². The second-order valence-electron chi connectivity index (χ2n) is 3.98. The van der Waals surface area contributed by atoms with E-state index in [1.54, 1.807) is 0 Å². The van der Waals surface area contributed by atoms with Gasteiger partial charge in [-0.25, -0.2) is 0 Å². The molecule has 0 saturated carbocycles. The maximum atomic E-state index is 5.65. The molecule has 0 amide bonds. The lowest BCUT2D eigenvalue weighted by Crippen LogP contribution is -2.24. The van der Waals surface area contributed by atoms with Crippen molar-refractivity contribution in [3.63, 3.8) is 0 Å². The molecule has 0 fully saturated rings. The van der Waals surface area contributed by atoms with Crippen LogP contribution >= 0.6 is 0 Å². The van der Waals surface area contributed by atoms with E-state index in [-0.39, 0.29) is 5.60 Å². The molecule has 1 aliphatic rings. The summed E-state index contributed by atoms with van der Waals surface area (Å²) in [5.74, 6) is 0.780. The van der Waals surface area contributed by atoms with E-state index in [0.717, 1.165) is 12.5 Å². The SMILES string of the molecule is CC1C/C=C\C(C)(C)OCC1. The van der Waals surface area contributed by atoms with Gasteiger partial charge in [-0.05, 0) is 32.6 Å². The molecular formula is C10H18O. The van der Waals surface area contributed by atoms with Crippen LogP contribution in [0, 0.1) is 5.92 Å². The summed E-state index contributed by atoms with van der Waals surface area (Å²) in [6.45, 7) is 7.39. The summed E-state index contributed by atoms with van der Waals surface area (Å²) >= 11 is 0. The molecule has 0 radical (unpaired) electrons. The van der Waals surface area contributed by atoms with Crippen molar-refractivity contribution in [1.29, 1.82) is 0 Å². The molecule has 0 N–H and O–H groups in total. The first kappa shape index (κ1) is 8.79. The van der Waals surface area contributed by atoms with E-state index in [9.17, 15) is 0 Å². The van der Waals surface area contributed by atoms with E-state index < -0.39 is 0 Å². The fourth-order valence-corrected chi connectivity index (χ4v) is 1.27. The van der Waals surface area contributed by atoms with Gasteiger partial charge in [-0.1, -0.05) is 19.1 Å². The van der Waals surface area contributed by atoms with Gasteiger partial charge in [-0.3, -0.25) is 0 Å². The van der Waals surface area contributed by atoms with Crippen LogP contribution in [0.5, 0.6) is 0 Å². The Hall–Kier alpha value is -0.300. The van der Waals surface area contributed by atoms with E-state index in [4.69, 9.17) is 4.74 Å². The molecular weight excluding hydrogens is 136 g/mol. The lowest BCUT2D eigenvalue weighted by Gasteiger charge is -2.24. The van der Waals surface area contributed by atoms with Crippen molar-refractivity contribution >= 4 is 0 Å². The van der Waals surface area contributed by atoms with Crippen molar-refractivity contribution in [2.45, 2.75) is 39.2 Å². The highest BCUT2D eigenvalue weighted by Gasteiger charge is 2.16. The number of ether oxygens (including phenoxy) is 1. The predicted octanol–water partition coefficient (Wildman–Crippen LogP) is 2.77. The van der Waals surface area contributed by atoms with Gasteiger partial charge in [0.05, 0.1) is 5.60 Å². The molecule has 1 aliphatic heterocycles. The van der Waals surface area contributed by atoms with Crippen LogP contribution in [0.4, 0.5) is 0 Å². The molecule has 0 spiro atoms. The highest BCUT2D eigenvalue weighted by Crippen LogP contribution is 2.19. The molecule has 11 heavy (non-hydrogen) atoms. The minimum atomic E-state index is -0.0415. The Balaban J connectivity index is 2.53. The fraction of sp³-hybridized carbons (Fsp3) is 0.800. The standard InChI is InChI=1S/C10H18O/c1-9-5-4-7-10(2,3)11-8-6-9/h4,7,9H,5-6,8H2,1-3H3/b7-4-. The number of rotatable bonds is 0. The maximum absolute atomic E-state index is 5.65. The predicted molar refractivity (Wildman–Crippen MR) is 47.6 cm³/mol. The summed E-state index contributed by atoms with van der Waals surface area (Å²) < 4.78 is 5.65. The molecule has 1 heterocycles. The molecule has 0 saturated heterocycles. The smallest absolute Gasteiger partial charge is 0.0806 e. The molecule has 0 aliphatic carbocycles. The van der Waals surface area contributed by atoms with Crippen LogP contribution in [0.3, 0.4) is 0 Å². The van der Waals surface area contributed by atoms with Crippen LogP contribution in [0.25, 0.3) is 0 Å². The molecule has 1 atom stereocenters. The van der Waals surface area contributed by atoms with E-state index in [2.05, 4.69) is 32.9 Å². The Morgan fingerprint density at radius 1 is 1.45 bits per heavy atom. The van der Waals surface area contributed by atoms with Crippen LogP contribution < -0.4 is 0 Å². The van der Waals surface area contributed by atoms with Crippen molar-refractivity contribution in [1.82, 2.24) is 0 Å². The lowest BCUT2D eigenvalue weighted by atomic mass is 9.99. The highest BCUT2D eigenvalue weighted by molar-refractivity contribution is 4.98. The first-order valence-electron chi connectivity index (χ1n) is 4.42. The summed E-state index contributed by atoms with van der Waals surface area (Å²) in [6, 6.07) is 0. The zero-order valence-electron chi connectivity index (χ0n) is 7.76. The third-order valence-corrected chi connectivity index (χ3v) is 2.14. The summed E-state index contributed by atoms with van der Waals surface area (Å²) in [5, 5.41) is 0. The van der Waals surface area contributed by atoms with Crippen molar-refractivity contribution < 1.29 is 4.74 Å². The van der Waals surface area contributed by atoms with Crippen LogP contribution in [-0.2, 0) is 4.74 Å². The lowest BCUT2D eigenvalue weighted by molar-refractivity contribution is 0.0102. The molecule has 1 unspecified atom stereocenters. The topological polar surface area (TPSA) is 9.23 Å². The third-order valence-electron chi connectivity index (χ3n) is 2.14. The van der Waals surface area contributed by atoms with Gasteiger partial charge in [0.2, 0.25) is 0 Å². The summed E-state index contributed by atoms with van der Waals surface area (Å²) in [5.41, 5.74) is -0.0415. The Morgan fingerprint density at radius 3 is 2.91 bits per heavy atom. The van der Waals surface area contributed by atoms with E-state index in [1.807, 2.05) is 0 Å². The minimum Gasteiger partial charge on any atom is -0.371 e. The van der Waals surface area contributed by atoms with Crippen molar-refractivity contribution in [3.05, 3.63) is 12.2 Å². The Labute approximate surface area is 69.4 Å². The monoisotopic (exact) mass is 154 g/mol. The normalized spacial score (nSPS) is 33.9. The van der Waals surface area contributed by atoms with Crippen LogP contribution in [0.1, 0.15) is 33.6 Å². The third kappa shape index (κ3) is 3.06. The Morgan fingerprint density at radius 2 is 2.18 bits per heavy atom. The van der Waals surface area contributed by atoms with E-state index in [0.29, 0.717) is 0 Å². The summed E-state index contributed by atoms with van der Waals surface area (Å²) in [6.07, 6.45) is 6.80. The first-order valence-corrected chi connectivity index (χ1v) is 4.42. The number of hydrogen-bond acceptors (Lipinski definition) is 1. The van der Waals surface area contributed by atoms with Crippen molar-refractivity contribution in [3.8, 4) is 0 Å². The highest BCUT2D eigenvalue weighted by atomic mass is 16.5. The molecule has 0 bridgehead atoms. The van der Waals surface area contributed by atoms with Crippen LogP contribution in [0.15, 0.2) is 12.2 Å². The Bertz CT molecular complexity index is 147. The molecule has 64 valence electrons. The molecule has 0 aromatic rings. The van der Waals surface area contributed by atoms with Gasteiger partial charge in [-0.15, -0.1) is 0 Å². The second kappa shape index (κ2) is 3.40. The van der Waals surface area contributed by atoms with E-state index >= 15 is 0 Å². The largest absolute Gasteiger partial charge is 0.371 e. The minimum absolute atomic E-state index is 0.0415. The van der Waals surface area contributed by atoms with Crippen molar-refractivity contribution in [2.75, 3.05) is 6.61 Å². The quantitative estimate of drug-likeness (QED) is 0.487. The van der Waals surface area contributed by atoms with Gasteiger partial charge in [0.25, 0.3) is 0 Å². The molecule has 1 nitrogen and oxygen atoms in total. The van der Waals surface area contributed by atoms with Gasteiger partial charge >= 0.3 is 0 Å². The maximum Gasteiger partial charge on any atom is 0.0806 e. The average Bonchev–Trinajstić information content (AvgIpc) is 1.83. The molecule has 1 heteroatoms. The Kier molecular flexibility index (Phi) is 2.72. The van der Waals surface area contributed by atoms with Crippen molar-refractivity contribution in [2.24, 2.45) is 5.92 Å². The van der Waals surface area contributed by atoms with Gasteiger partial charge < -0.3 is 4.74 Å². The van der Waals surface area contributed by atoms with Gasteiger partial charge in [-0.2, -0.15) is 0 Å². The van der Waals surface area contributed by atoms with E-state index in [1.165, 1.54) is 12.8 Å². The first-order chi connectivity index (χ1) is 5.10. The second-order valence-corrected chi connectivity index (χ2v) is 3.98. The molecule has 1 rings (SSSR count). The molecule has 0 aromatic heterocycles. The zero-order chi connectivity index (χ0) is 8.32. The van der Waals surface area contributed by atoms with Crippen LogP contribution in [-0.4, -0.2) is 12.2 Å². The molecule has 0 aromatic carbocycles. The fourth-order valence-electron chi connectivity index (χ4n) is 1.27. The van der Waals surface area contributed by atoms with Gasteiger partial charge in [0.15, 0.2) is 0 Å². The average molecular weight is 154 g/mol. The zero-order valence-corrected chi connectivity index (χ0v) is 7.76. The summed E-state index contributed by atoms with van der Waals surface area (Å²) in [7, 11) is 0. The van der Waals surface area contributed by atoms with Gasteiger partial charge in [0.1, 0.15) is 0 Å². The van der Waals surface area contributed by atoms with Crippen LogP contribution in [0.2, 0.25) is 0 Å². The number of hydrogen-bond donors (Lipinski definition) is 0. The number of allylic oxidation sites excluding steroid dienone is 1.